The van der Waals surface area contributed by atoms with E-state index in [9.17, 15) is 4.79 Å². The Labute approximate surface area is 168 Å². The Morgan fingerprint density at radius 3 is 2.52 bits per heavy atom. The number of carbonyl (C=O) groups excluding carboxylic acids is 1. The third-order valence-electron chi connectivity index (χ3n) is 3.92. The van der Waals surface area contributed by atoms with Crippen LogP contribution >= 0.6 is 23.2 Å². The number of ether oxygens (including phenoxy) is 1. The number of hydrogen-bond donors (Lipinski definition) is 0. The lowest BCUT2D eigenvalue weighted by atomic mass is 10.1. The van der Waals surface area contributed by atoms with Crippen molar-refractivity contribution in [3.8, 4) is 5.75 Å². The molecule has 27 heavy (non-hydrogen) atoms. The van der Waals surface area contributed by atoms with Crippen LogP contribution in [0.1, 0.15) is 5.56 Å². The maximum atomic E-state index is 12.8. The van der Waals surface area contributed by atoms with Crippen molar-refractivity contribution in [1.29, 1.82) is 0 Å². The summed E-state index contributed by atoms with van der Waals surface area (Å²) in [6, 6.07) is 12.7. The number of carbonyl (C=O) groups is 1. The van der Waals surface area contributed by atoms with E-state index >= 15 is 0 Å². The van der Waals surface area contributed by atoms with E-state index < -0.39 is 0 Å². The van der Waals surface area contributed by atoms with Crippen LogP contribution in [0, 0.1) is 6.92 Å². The van der Waals surface area contributed by atoms with Crippen LogP contribution in [0.5, 0.6) is 5.75 Å². The molecule has 2 aromatic rings. The van der Waals surface area contributed by atoms with E-state index in [0.717, 1.165) is 5.56 Å². The third-order valence-corrected chi connectivity index (χ3v) is 4.62. The van der Waals surface area contributed by atoms with Crippen LogP contribution in [-0.2, 0) is 4.79 Å². The SMILES string of the molecule is Cc1cc(OCC2=NN(c3ccccc3)C(=O)/C2=C/N(C)C)c(Cl)cc1Cl. The fourth-order valence-electron chi connectivity index (χ4n) is 2.58. The first kappa shape index (κ1) is 19.3. The lowest BCUT2D eigenvalue weighted by Crippen LogP contribution is -2.23. The minimum atomic E-state index is -0.202. The normalized spacial score (nSPS) is 15.3. The fraction of sp³-hybridized carbons (Fsp3) is 0.200. The summed E-state index contributed by atoms with van der Waals surface area (Å²) < 4.78 is 5.84. The molecule has 0 saturated carbocycles. The van der Waals surface area contributed by atoms with Crippen LogP contribution in [0.15, 0.2) is 59.3 Å². The van der Waals surface area contributed by atoms with Crippen molar-refractivity contribution in [3.63, 3.8) is 0 Å². The van der Waals surface area contributed by atoms with Gasteiger partial charge < -0.3 is 9.64 Å². The number of hydrazone groups is 1. The monoisotopic (exact) mass is 403 g/mol. The zero-order valence-corrected chi connectivity index (χ0v) is 16.8. The van der Waals surface area contributed by atoms with E-state index in [2.05, 4.69) is 5.10 Å². The summed E-state index contributed by atoms with van der Waals surface area (Å²) >= 11 is 12.3. The van der Waals surface area contributed by atoms with Gasteiger partial charge >= 0.3 is 0 Å². The van der Waals surface area contributed by atoms with Crippen molar-refractivity contribution in [3.05, 3.63) is 69.8 Å². The first-order valence-electron chi connectivity index (χ1n) is 8.31. The van der Waals surface area contributed by atoms with E-state index in [0.29, 0.717) is 32.8 Å². The summed E-state index contributed by atoms with van der Waals surface area (Å²) in [6.45, 7) is 1.98. The molecule has 0 fully saturated rings. The Hall–Kier alpha value is -2.50. The van der Waals surface area contributed by atoms with Crippen LogP contribution in [0.25, 0.3) is 0 Å². The van der Waals surface area contributed by atoms with Gasteiger partial charge in [0.2, 0.25) is 0 Å². The second kappa shape index (κ2) is 8.03. The molecule has 1 aliphatic heterocycles. The smallest absolute Gasteiger partial charge is 0.282 e. The highest BCUT2D eigenvalue weighted by atomic mass is 35.5. The summed E-state index contributed by atoms with van der Waals surface area (Å²) in [4.78, 5) is 14.6. The standard InChI is InChI=1S/C20H19Cl2N3O2/c1-13-9-19(17(22)10-16(13)21)27-12-18-15(11-24(2)3)20(26)25(23-18)14-7-5-4-6-8-14/h4-11H,12H2,1-3H3/b15-11+. The molecule has 0 aromatic heterocycles. The predicted molar refractivity (Wildman–Crippen MR) is 110 cm³/mol. The van der Waals surface area contributed by atoms with Gasteiger partial charge in [-0.3, -0.25) is 4.79 Å². The lowest BCUT2D eigenvalue weighted by Gasteiger charge is -2.12. The summed E-state index contributed by atoms with van der Waals surface area (Å²) in [7, 11) is 3.70. The van der Waals surface area contributed by atoms with E-state index in [1.54, 1.807) is 23.2 Å². The molecule has 1 amide bonds. The predicted octanol–water partition coefficient (Wildman–Crippen LogP) is 4.53. The molecule has 3 rings (SSSR count). The van der Waals surface area contributed by atoms with Crippen molar-refractivity contribution in [1.82, 2.24) is 4.90 Å². The van der Waals surface area contributed by atoms with E-state index in [1.165, 1.54) is 5.01 Å². The van der Waals surface area contributed by atoms with E-state index in [4.69, 9.17) is 27.9 Å². The molecule has 1 heterocycles. The van der Waals surface area contributed by atoms with E-state index in [1.807, 2.05) is 51.4 Å². The molecule has 7 heteroatoms. The van der Waals surface area contributed by atoms with Gasteiger partial charge in [0.05, 0.1) is 16.3 Å². The van der Waals surface area contributed by atoms with Gasteiger partial charge in [0.15, 0.2) is 0 Å². The minimum Gasteiger partial charge on any atom is -0.486 e. The second-order valence-corrected chi connectivity index (χ2v) is 7.14. The molecular weight excluding hydrogens is 385 g/mol. The largest absolute Gasteiger partial charge is 0.486 e. The highest BCUT2D eigenvalue weighted by Crippen LogP contribution is 2.31. The van der Waals surface area contributed by atoms with Crippen LogP contribution in [0.3, 0.4) is 0 Å². The maximum Gasteiger partial charge on any atom is 0.282 e. The van der Waals surface area contributed by atoms with Crippen molar-refractivity contribution >= 4 is 40.5 Å². The van der Waals surface area contributed by atoms with Crippen molar-refractivity contribution in [2.45, 2.75) is 6.92 Å². The minimum absolute atomic E-state index is 0.107. The average molecular weight is 404 g/mol. The van der Waals surface area contributed by atoms with Gasteiger partial charge in [-0.1, -0.05) is 41.4 Å². The van der Waals surface area contributed by atoms with Gasteiger partial charge in [-0.15, -0.1) is 0 Å². The van der Waals surface area contributed by atoms with Crippen LogP contribution < -0.4 is 9.75 Å². The molecule has 0 saturated heterocycles. The average Bonchev–Trinajstić information content (AvgIpc) is 2.93. The number of para-hydroxylation sites is 1. The summed E-state index contributed by atoms with van der Waals surface area (Å²) in [6.07, 6.45) is 1.74. The summed E-state index contributed by atoms with van der Waals surface area (Å²) in [5, 5.41) is 6.83. The molecule has 5 nitrogen and oxygen atoms in total. The molecule has 2 aromatic carbocycles. The third kappa shape index (κ3) is 4.26. The number of halogens is 2. The molecule has 0 radical (unpaired) electrons. The Balaban J connectivity index is 1.89. The Morgan fingerprint density at radius 1 is 1.15 bits per heavy atom. The first-order valence-corrected chi connectivity index (χ1v) is 9.06. The molecule has 0 unspecified atom stereocenters. The summed E-state index contributed by atoms with van der Waals surface area (Å²) in [5.41, 5.74) is 2.56. The molecular formula is C20H19Cl2N3O2. The molecule has 0 spiro atoms. The molecule has 0 aliphatic carbocycles. The number of amides is 1. The number of benzene rings is 2. The highest BCUT2D eigenvalue weighted by molar-refractivity contribution is 6.36. The Bertz CT molecular complexity index is 924. The number of aryl methyl sites for hydroxylation is 1. The number of anilines is 1. The van der Waals surface area contributed by atoms with E-state index in [-0.39, 0.29) is 12.5 Å². The van der Waals surface area contributed by atoms with Crippen LogP contribution in [0.4, 0.5) is 5.69 Å². The molecule has 0 N–H and O–H groups in total. The highest BCUT2D eigenvalue weighted by Gasteiger charge is 2.31. The molecule has 140 valence electrons. The van der Waals surface area contributed by atoms with Gasteiger partial charge in [0, 0.05) is 25.3 Å². The quantitative estimate of drug-likeness (QED) is 0.688. The number of rotatable bonds is 5. The lowest BCUT2D eigenvalue weighted by molar-refractivity contribution is -0.114. The van der Waals surface area contributed by atoms with Crippen LogP contribution in [-0.4, -0.2) is 37.2 Å². The zero-order chi connectivity index (χ0) is 19.6. The molecule has 0 bridgehead atoms. The second-order valence-electron chi connectivity index (χ2n) is 6.33. The zero-order valence-electron chi connectivity index (χ0n) is 15.2. The molecule has 0 atom stereocenters. The van der Waals surface area contributed by atoms with Crippen molar-refractivity contribution < 1.29 is 9.53 Å². The fourth-order valence-corrected chi connectivity index (χ4v) is 3.02. The first-order chi connectivity index (χ1) is 12.9. The Kier molecular flexibility index (Phi) is 5.73. The van der Waals surface area contributed by atoms with Gasteiger partial charge in [0.1, 0.15) is 18.1 Å². The Morgan fingerprint density at radius 2 is 1.85 bits per heavy atom. The molecule has 1 aliphatic rings. The number of nitrogens with zero attached hydrogens (tertiary/aromatic N) is 3. The summed E-state index contributed by atoms with van der Waals surface area (Å²) in [5.74, 6) is 0.294. The van der Waals surface area contributed by atoms with Crippen molar-refractivity contribution in [2.75, 3.05) is 25.7 Å². The van der Waals surface area contributed by atoms with Gasteiger partial charge in [-0.05, 0) is 36.8 Å². The van der Waals surface area contributed by atoms with Gasteiger partial charge in [0.25, 0.3) is 5.91 Å². The van der Waals surface area contributed by atoms with Gasteiger partial charge in [-0.25, -0.2) is 0 Å². The van der Waals surface area contributed by atoms with Gasteiger partial charge in [-0.2, -0.15) is 10.1 Å². The topological polar surface area (TPSA) is 45.1 Å². The number of hydrogen-bond acceptors (Lipinski definition) is 4. The van der Waals surface area contributed by atoms with Crippen LogP contribution in [0.2, 0.25) is 10.0 Å². The van der Waals surface area contributed by atoms with Crippen molar-refractivity contribution in [2.24, 2.45) is 5.10 Å². The maximum absolute atomic E-state index is 12.8.